The molecule has 0 aliphatic carbocycles. The van der Waals surface area contributed by atoms with Crippen molar-refractivity contribution in [1.82, 2.24) is 9.97 Å². The van der Waals surface area contributed by atoms with Crippen molar-refractivity contribution in [2.75, 3.05) is 17.2 Å². The van der Waals surface area contributed by atoms with Crippen molar-refractivity contribution in [3.63, 3.8) is 0 Å². The summed E-state index contributed by atoms with van der Waals surface area (Å²) >= 11 is 0. The number of rotatable bonds is 7. The maximum absolute atomic E-state index is 13.6. The summed E-state index contributed by atoms with van der Waals surface area (Å²) < 4.78 is 13.6. The summed E-state index contributed by atoms with van der Waals surface area (Å²) in [6, 6.07) is 8.59. The number of nitrogens with one attached hydrogen (secondary N) is 2. The van der Waals surface area contributed by atoms with Crippen molar-refractivity contribution < 1.29 is 4.39 Å². The van der Waals surface area contributed by atoms with Crippen LogP contribution in [0.2, 0.25) is 0 Å². The lowest BCUT2D eigenvalue weighted by atomic mass is 10.1. The third-order valence-corrected chi connectivity index (χ3v) is 3.28. The van der Waals surface area contributed by atoms with Crippen LogP contribution < -0.4 is 10.6 Å². The van der Waals surface area contributed by atoms with Crippen molar-refractivity contribution >= 4 is 11.6 Å². The van der Waals surface area contributed by atoms with E-state index in [1.54, 1.807) is 12.1 Å². The van der Waals surface area contributed by atoms with Gasteiger partial charge in [0.25, 0.3) is 0 Å². The first-order chi connectivity index (χ1) is 10.5. The van der Waals surface area contributed by atoms with Gasteiger partial charge >= 0.3 is 0 Å². The SMILES string of the molecule is Cc1nc(NCCC(C)C)cc(NCc2ccccc2F)n1. The molecule has 0 atom stereocenters. The van der Waals surface area contributed by atoms with Gasteiger partial charge < -0.3 is 10.6 Å². The first-order valence-corrected chi connectivity index (χ1v) is 7.61. The molecule has 2 rings (SSSR count). The summed E-state index contributed by atoms with van der Waals surface area (Å²) in [5.41, 5.74) is 0.619. The Bertz CT molecular complexity index is 613. The second kappa shape index (κ2) is 7.73. The quantitative estimate of drug-likeness (QED) is 0.812. The number of aromatic nitrogens is 2. The van der Waals surface area contributed by atoms with Crippen molar-refractivity contribution in [2.45, 2.75) is 33.7 Å². The molecule has 0 bridgehead atoms. The van der Waals surface area contributed by atoms with E-state index in [0.29, 0.717) is 29.7 Å². The molecule has 0 spiro atoms. The summed E-state index contributed by atoms with van der Waals surface area (Å²) in [5, 5.41) is 6.45. The smallest absolute Gasteiger partial charge is 0.132 e. The Morgan fingerprint density at radius 3 is 2.45 bits per heavy atom. The van der Waals surface area contributed by atoms with E-state index in [9.17, 15) is 4.39 Å². The molecular weight excluding hydrogens is 279 g/mol. The van der Waals surface area contributed by atoms with Crippen LogP contribution in [0.1, 0.15) is 31.7 Å². The first kappa shape index (κ1) is 16.2. The molecule has 1 aromatic heterocycles. The van der Waals surface area contributed by atoms with Crippen LogP contribution in [-0.4, -0.2) is 16.5 Å². The van der Waals surface area contributed by atoms with Gasteiger partial charge in [0.15, 0.2) is 0 Å². The van der Waals surface area contributed by atoms with Gasteiger partial charge in [0.05, 0.1) is 0 Å². The van der Waals surface area contributed by atoms with Gasteiger partial charge in [0, 0.05) is 24.7 Å². The van der Waals surface area contributed by atoms with Gasteiger partial charge in [-0.15, -0.1) is 0 Å². The van der Waals surface area contributed by atoms with Crippen LogP contribution in [0.3, 0.4) is 0 Å². The highest BCUT2D eigenvalue weighted by Gasteiger charge is 2.04. The summed E-state index contributed by atoms with van der Waals surface area (Å²) in [6.45, 7) is 7.50. The Balaban J connectivity index is 1.99. The largest absolute Gasteiger partial charge is 0.370 e. The van der Waals surface area contributed by atoms with E-state index in [4.69, 9.17) is 0 Å². The van der Waals surface area contributed by atoms with Gasteiger partial charge in [-0.25, -0.2) is 14.4 Å². The Kier molecular flexibility index (Phi) is 5.69. The van der Waals surface area contributed by atoms with Gasteiger partial charge in [-0.1, -0.05) is 32.0 Å². The highest BCUT2D eigenvalue weighted by atomic mass is 19.1. The number of halogens is 1. The molecule has 0 fully saturated rings. The Morgan fingerprint density at radius 1 is 1.09 bits per heavy atom. The summed E-state index contributed by atoms with van der Waals surface area (Å²) in [7, 11) is 0. The number of hydrogen-bond donors (Lipinski definition) is 2. The van der Waals surface area contributed by atoms with E-state index >= 15 is 0 Å². The molecule has 0 saturated carbocycles. The fourth-order valence-corrected chi connectivity index (χ4v) is 2.07. The minimum atomic E-state index is -0.212. The van der Waals surface area contributed by atoms with E-state index in [1.165, 1.54) is 6.07 Å². The van der Waals surface area contributed by atoms with Crippen LogP contribution >= 0.6 is 0 Å². The number of nitrogens with zero attached hydrogens (tertiary/aromatic N) is 2. The Labute approximate surface area is 131 Å². The molecule has 2 N–H and O–H groups in total. The highest BCUT2D eigenvalue weighted by Crippen LogP contribution is 2.14. The zero-order chi connectivity index (χ0) is 15.9. The topological polar surface area (TPSA) is 49.8 Å². The van der Waals surface area contributed by atoms with Crippen LogP contribution in [0.4, 0.5) is 16.0 Å². The summed E-state index contributed by atoms with van der Waals surface area (Å²) in [6.07, 6.45) is 1.08. The van der Waals surface area contributed by atoms with Crippen molar-refractivity contribution in [1.29, 1.82) is 0 Å². The van der Waals surface area contributed by atoms with Gasteiger partial charge in [-0.05, 0) is 25.3 Å². The lowest BCUT2D eigenvalue weighted by Gasteiger charge is -2.11. The maximum atomic E-state index is 13.6. The predicted molar refractivity (Wildman–Crippen MR) is 88.4 cm³/mol. The summed E-state index contributed by atoms with van der Waals surface area (Å²) in [4.78, 5) is 8.70. The molecule has 22 heavy (non-hydrogen) atoms. The third kappa shape index (κ3) is 4.98. The monoisotopic (exact) mass is 302 g/mol. The average Bonchev–Trinajstić information content (AvgIpc) is 2.45. The molecule has 0 amide bonds. The molecule has 0 unspecified atom stereocenters. The minimum absolute atomic E-state index is 0.212. The van der Waals surface area contributed by atoms with Gasteiger partial charge in [0.2, 0.25) is 0 Å². The molecule has 5 heteroatoms. The second-order valence-corrected chi connectivity index (χ2v) is 5.74. The zero-order valence-corrected chi connectivity index (χ0v) is 13.4. The van der Waals surface area contributed by atoms with Crippen molar-refractivity contribution in [2.24, 2.45) is 5.92 Å². The second-order valence-electron chi connectivity index (χ2n) is 5.74. The van der Waals surface area contributed by atoms with Crippen molar-refractivity contribution in [3.8, 4) is 0 Å². The molecule has 0 aliphatic heterocycles. The number of benzene rings is 1. The molecule has 1 aromatic carbocycles. The molecule has 1 heterocycles. The molecule has 0 radical (unpaired) electrons. The lowest BCUT2D eigenvalue weighted by molar-refractivity contribution is 0.606. The van der Waals surface area contributed by atoms with Crippen molar-refractivity contribution in [3.05, 3.63) is 47.5 Å². The predicted octanol–water partition coefficient (Wildman–Crippen LogP) is 3.99. The van der Waals surface area contributed by atoms with Crippen LogP contribution in [0, 0.1) is 18.7 Å². The first-order valence-electron chi connectivity index (χ1n) is 7.61. The maximum Gasteiger partial charge on any atom is 0.132 e. The molecule has 0 aliphatic rings. The molecular formula is C17H23FN4. The fraction of sp³-hybridized carbons (Fsp3) is 0.412. The number of hydrogen-bond acceptors (Lipinski definition) is 4. The van der Waals surface area contributed by atoms with Gasteiger partial charge in [-0.3, -0.25) is 0 Å². The molecule has 118 valence electrons. The number of aryl methyl sites for hydroxylation is 1. The Hall–Kier alpha value is -2.17. The molecule has 0 saturated heterocycles. The lowest BCUT2D eigenvalue weighted by Crippen LogP contribution is -2.09. The van der Waals surface area contributed by atoms with Crippen LogP contribution in [0.15, 0.2) is 30.3 Å². The van der Waals surface area contributed by atoms with E-state index in [0.717, 1.165) is 18.8 Å². The van der Waals surface area contributed by atoms with Crippen LogP contribution in [0.25, 0.3) is 0 Å². The van der Waals surface area contributed by atoms with E-state index in [1.807, 2.05) is 19.1 Å². The van der Waals surface area contributed by atoms with E-state index in [-0.39, 0.29) is 5.82 Å². The van der Waals surface area contributed by atoms with Crippen LogP contribution in [0.5, 0.6) is 0 Å². The van der Waals surface area contributed by atoms with E-state index in [2.05, 4.69) is 34.4 Å². The number of anilines is 2. The molecule has 4 nitrogen and oxygen atoms in total. The minimum Gasteiger partial charge on any atom is -0.370 e. The standard InChI is InChI=1S/C17H23FN4/c1-12(2)8-9-19-16-10-17(22-13(3)21-16)20-11-14-6-4-5-7-15(14)18/h4-7,10,12H,8-9,11H2,1-3H3,(H2,19,20,21,22). The van der Waals surface area contributed by atoms with E-state index < -0.39 is 0 Å². The van der Waals surface area contributed by atoms with Gasteiger partial charge in [-0.2, -0.15) is 0 Å². The van der Waals surface area contributed by atoms with Crippen LogP contribution in [-0.2, 0) is 6.54 Å². The van der Waals surface area contributed by atoms with Gasteiger partial charge in [0.1, 0.15) is 23.3 Å². The third-order valence-electron chi connectivity index (χ3n) is 3.28. The molecule has 2 aromatic rings. The highest BCUT2D eigenvalue weighted by molar-refractivity contribution is 5.47. The Morgan fingerprint density at radius 2 is 1.77 bits per heavy atom. The normalized spacial score (nSPS) is 10.8. The fourth-order valence-electron chi connectivity index (χ4n) is 2.07. The average molecular weight is 302 g/mol. The zero-order valence-electron chi connectivity index (χ0n) is 13.4. The summed E-state index contributed by atoms with van der Waals surface area (Å²) in [5.74, 6) is 2.61.